The van der Waals surface area contributed by atoms with E-state index in [0.29, 0.717) is 18.0 Å². The number of hydrogen-bond donors (Lipinski definition) is 0. The quantitative estimate of drug-likeness (QED) is 0.666. The smallest absolute Gasteiger partial charge is 0.160 e. The van der Waals surface area contributed by atoms with Crippen LogP contribution < -0.4 is 9.47 Å². The van der Waals surface area contributed by atoms with Crippen molar-refractivity contribution < 1.29 is 9.47 Å². The van der Waals surface area contributed by atoms with Gasteiger partial charge < -0.3 is 9.47 Å². The molecule has 0 saturated carbocycles. The summed E-state index contributed by atoms with van der Waals surface area (Å²) in [6, 6.07) is 18.4. The number of ether oxygens (including phenoxy) is 2. The SMILES string of the molecule is COc1ccc(CCN2C(C)CC(c3ccccc3)CC2C)cc1OC.Cl. The fraction of sp³-hybridized carbons (Fsp3) is 0.478. The summed E-state index contributed by atoms with van der Waals surface area (Å²) in [5, 5.41) is 0. The van der Waals surface area contributed by atoms with Gasteiger partial charge in [0.1, 0.15) is 0 Å². The van der Waals surface area contributed by atoms with Gasteiger partial charge in [0.15, 0.2) is 11.5 Å². The third kappa shape index (κ3) is 5.18. The van der Waals surface area contributed by atoms with E-state index in [2.05, 4.69) is 61.2 Å². The van der Waals surface area contributed by atoms with Crippen LogP contribution in [-0.4, -0.2) is 37.7 Å². The van der Waals surface area contributed by atoms with Crippen LogP contribution in [0.25, 0.3) is 0 Å². The molecule has 2 atom stereocenters. The minimum Gasteiger partial charge on any atom is -0.493 e. The molecule has 148 valence electrons. The summed E-state index contributed by atoms with van der Waals surface area (Å²) in [7, 11) is 3.37. The van der Waals surface area contributed by atoms with Crippen LogP contribution in [0.5, 0.6) is 11.5 Å². The van der Waals surface area contributed by atoms with Gasteiger partial charge in [0.25, 0.3) is 0 Å². The molecule has 1 aliphatic rings. The molecule has 1 saturated heterocycles. The Kier molecular flexibility index (Phi) is 8.00. The molecule has 1 fully saturated rings. The molecule has 27 heavy (non-hydrogen) atoms. The van der Waals surface area contributed by atoms with Gasteiger partial charge in [-0.25, -0.2) is 0 Å². The Morgan fingerprint density at radius 2 is 1.52 bits per heavy atom. The normalized spacial score (nSPS) is 22.7. The third-order valence-corrected chi connectivity index (χ3v) is 5.76. The van der Waals surface area contributed by atoms with E-state index in [9.17, 15) is 0 Å². The number of benzene rings is 2. The first-order valence-corrected chi connectivity index (χ1v) is 9.64. The van der Waals surface area contributed by atoms with E-state index in [-0.39, 0.29) is 12.4 Å². The molecule has 1 aliphatic heterocycles. The van der Waals surface area contributed by atoms with E-state index in [1.54, 1.807) is 14.2 Å². The van der Waals surface area contributed by atoms with Crippen LogP contribution in [0.2, 0.25) is 0 Å². The van der Waals surface area contributed by atoms with Crippen LogP contribution in [0.3, 0.4) is 0 Å². The van der Waals surface area contributed by atoms with E-state index in [0.717, 1.165) is 24.5 Å². The molecule has 1 heterocycles. The molecule has 2 aromatic carbocycles. The lowest BCUT2D eigenvalue weighted by Gasteiger charge is -2.43. The Balaban J connectivity index is 0.00000261. The lowest BCUT2D eigenvalue weighted by Crippen LogP contribution is -2.46. The van der Waals surface area contributed by atoms with Crippen molar-refractivity contribution in [1.82, 2.24) is 4.90 Å². The average Bonchev–Trinajstić information content (AvgIpc) is 2.67. The van der Waals surface area contributed by atoms with Gasteiger partial charge in [-0.15, -0.1) is 12.4 Å². The molecule has 0 aromatic heterocycles. The van der Waals surface area contributed by atoms with E-state index >= 15 is 0 Å². The van der Waals surface area contributed by atoms with Crippen molar-refractivity contribution in [2.24, 2.45) is 0 Å². The van der Waals surface area contributed by atoms with Crippen LogP contribution in [0.4, 0.5) is 0 Å². The zero-order valence-electron chi connectivity index (χ0n) is 16.9. The molecule has 0 aliphatic carbocycles. The van der Waals surface area contributed by atoms with Gasteiger partial charge in [-0.1, -0.05) is 36.4 Å². The number of halogens is 1. The molecule has 4 heteroatoms. The first-order chi connectivity index (χ1) is 12.6. The molecule has 0 amide bonds. The highest BCUT2D eigenvalue weighted by Gasteiger charge is 2.31. The Hall–Kier alpha value is -1.71. The monoisotopic (exact) mass is 389 g/mol. The third-order valence-electron chi connectivity index (χ3n) is 5.76. The minimum absolute atomic E-state index is 0. The second-order valence-corrected chi connectivity index (χ2v) is 7.45. The van der Waals surface area contributed by atoms with E-state index < -0.39 is 0 Å². The molecular weight excluding hydrogens is 358 g/mol. The van der Waals surface area contributed by atoms with Crippen molar-refractivity contribution in [3.8, 4) is 11.5 Å². The summed E-state index contributed by atoms with van der Waals surface area (Å²) in [6.07, 6.45) is 3.51. The van der Waals surface area contributed by atoms with Gasteiger partial charge >= 0.3 is 0 Å². The second-order valence-electron chi connectivity index (χ2n) is 7.45. The van der Waals surface area contributed by atoms with Gasteiger partial charge in [-0.2, -0.15) is 0 Å². The maximum absolute atomic E-state index is 5.44. The number of methoxy groups -OCH3 is 2. The summed E-state index contributed by atoms with van der Waals surface area (Å²) in [6.45, 7) is 5.83. The minimum atomic E-state index is 0. The van der Waals surface area contributed by atoms with Gasteiger partial charge in [-0.3, -0.25) is 4.90 Å². The van der Waals surface area contributed by atoms with Gasteiger partial charge in [0, 0.05) is 18.6 Å². The van der Waals surface area contributed by atoms with Crippen molar-refractivity contribution in [1.29, 1.82) is 0 Å². The van der Waals surface area contributed by atoms with Crippen molar-refractivity contribution in [3.63, 3.8) is 0 Å². The van der Waals surface area contributed by atoms with Crippen LogP contribution in [0.15, 0.2) is 48.5 Å². The second kappa shape index (κ2) is 10.0. The van der Waals surface area contributed by atoms with Crippen LogP contribution in [-0.2, 0) is 6.42 Å². The Bertz CT molecular complexity index is 695. The fourth-order valence-electron chi connectivity index (χ4n) is 4.36. The fourth-order valence-corrected chi connectivity index (χ4v) is 4.36. The highest BCUT2D eigenvalue weighted by Crippen LogP contribution is 2.35. The summed E-state index contributed by atoms with van der Waals surface area (Å²) in [4.78, 5) is 2.66. The zero-order valence-corrected chi connectivity index (χ0v) is 17.7. The molecule has 0 bridgehead atoms. The van der Waals surface area contributed by atoms with E-state index in [1.807, 2.05) is 6.07 Å². The first kappa shape index (κ1) is 21.6. The largest absolute Gasteiger partial charge is 0.493 e. The zero-order chi connectivity index (χ0) is 18.5. The van der Waals surface area contributed by atoms with Gasteiger partial charge in [-0.05, 0) is 62.3 Å². The van der Waals surface area contributed by atoms with Crippen molar-refractivity contribution >= 4 is 12.4 Å². The summed E-state index contributed by atoms with van der Waals surface area (Å²) in [5.41, 5.74) is 2.79. The van der Waals surface area contributed by atoms with Crippen molar-refractivity contribution in [2.75, 3.05) is 20.8 Å². The molecule has 2 unspecified atom stereocenters. The number of nitrogens with zero attached hydrogens (tertiary/aromatic N) is 1. The first-order valence-electron chi connectivity index (χ1n) is 9.64. The number of rotatable bonds is 6. The predicted octanol–water partition coefficient (Wildman–Crippen LogP) is 5.32. The van der Waals surface area contributed by atoms with Crippen LogP contribution in [0.1, 0.15) is 43.7 Å². The van der Waals surface area contributed by atoms with Crippen LogP contribution >= 0.6 is 12.4 Å². The highest BCUT2D eigenvalue weighted by molar-refractivity contribution is 5.85. The van der Waals surface area contributed by atoms with E-state index in [1.165, 1.54) is 24.0 Å². The summed E-state index contributed by atoms with van der Waals surface area (Å²) < 4.78 is 10.8. The number of hydrogen-bond acceptors (Lipinski definition) is 3. The van der Waals surface area contributed by atoms with Gasteiger partial charge in [0.05, 0.1) is 14.2 Å². The molecular formula is C23H32ClNO2. The topological polar surface area (TPSA) is 21.7 Å². The average molecular weight is 390 g/mol. The maximum Gasteiger partial charge on any atom is 0.160 e. The molecule has 0 radical (unpaired) electrons. The molecule has 3 rings (SSSR count). The maximum atomic E-state index is 5.44. The number of likely N-dealkylation sites (tertiary alicyclic amines) is 1. The standard InChI is InChI=1S/C23H31NO2.ClH/c1-17-14-21(20-8-6-5-7-9-20)15-18(2)24(17)13-12-19-10-11-22(25-3)23(16-19)26-4;/h5-11,16-18,21H,12-15H2,1-4H3;1H. The molecule has 3 nitrogen and oxygen atoms in total. The molecule has 0 N–H and O–H groups in total. The highest BCUT2D eigenvalue weighted by atomic mass is 35.5. The molecule has 0 spiro atoms. The summed E-state index contributed by atoms with van der Waals surface area (Å²) >= 11 is 0. The Morgan fingerprint density at radius 1 is 0.889 bits per heavy atom. The predicted molar refractivity (Wildman–Crippen MR) is 115 cm³/mol. The van der Waals surface area contributed by atoms with Crippen molar-refractivity contribution in [2.45, 2.75) is 51.1 Å². The lowest BCUT2D eigenvalue weighted by atomic mass is 9.82. The summed E-state index contributed by atoms with van der Waals surface area (Å²) in [5.74, 6) is 2.29. The van der Waals surface area contributed by atoms with E-state index in [4.69, 9.17) is 9.47 Å². The Morgan fingerprint density at radius 3 is 2.11 bits per heavy atom. The van der Waals surface area contributed by atoms with Gasteiger partial charge in [0.2, 0.25) is 0 Å². The molecule has 2 aromatic rings. The van der Waals surface area contributed by atoms with Crippen molar-refractivity contribution in [3.05, 3.63) is 59.7 Å². The number of piperidine rings is 1. The Labute approximate surface area is 170 Å². The lowest BCUT2D eigenvalue weighted by molar-refractivity contribution is 0.0922. The van der Waals surface area contributed by atoms with Crippen LogP contribution in [0, 0.1) is 0 Å².